The summed E-state index contributed by atoms with van der Waals surface area (Å²) in [5.74, 6) is -0.546. The average molecular weight is 393 g/mol. The van der Waals surface area contributed by atoms with Gasteiger partial charge in [0, 0.05) is 44.1 Å². The molecule has 2 heterocycles. The van der Waals surface area contributed by atoms with E-state index in [2.05, 4.69) is 4.57 Å². The average Bonchev–Trinajstić information content (AvgIpc) is 2.95. The summed E-state index contributed by atoms with van der Waals surface area (Å²) in [4.78, 5) is 14.6. The van der Waals surface area contributed by atoms with E-state index in [1.807, 2.05) is 26.8 Å². The van der Waals surface area contributed by atoms with Gasteiger partial charge in [-0.2, -0.15) is 4.31 Å². The van der Waals surface area contributed by atoms with Crippen LogP contribution in [-0.4, -0.2) is 54.3 Å². The molecule has 1 amide bonds. The van der Waals surface area contributed by atoms with Crippen molar-refractivity contribution in [1.29, 1.82) is 0 Å². The van der Waals surface area contributed by atoms with E-state index >= 15 is 0 Å². The van der Waals surface area contributed by atoms with Gasteiger partial charge in [0.2, 0.25) is 10.0 Å². The molecule has 0 aliphatic carbocycles. The van der Waals surface area contributed by atoms with Crippen molar-refractivity contribution in [2.24, 2.45) is 0 Å². The maximum absolute atomic E-state index is 13.1. The molecule has 0 bridgehead atoms. The molecule has 146 valence electrons. The Morgan fingerprint density at radius 2 is 1.67 bits per heavy atom. The van der Waals surface area contributed by atoms with Crippen LogP contribution in [0.1, 0.15) is 28.7 Å². The predicted molar refractivity (Wildman–Crippen MR) is 101 cm³/mol. The number of carbonyl (C=O) groups excluding carboxylic acids is 1. The lowest BCUT2D eigenvalue weighted by molar-refractivity contribution is 0.0697. The van der Waals surface area contributed by atoms with Crippen LogP contribution in [-0.2, 0) is 16.6 Å². The number of halogens is 1. The van der Waals surface area contributed by atoms with E-state index in [9.17, 15) is 17.6 Å². The second-order valence-corrected chi connectivity index (χ2v) is 8.62. The van der Waals surface area contributed by atoms with Crippen molar-refractivity contribution in [3.05, 3.63) is 53.1 Å². The van der Waals surface area contributed by atoms with Gasteiger partial charge >= 0.3 is 0 Å². The Hall–Kier alpha value is -2.19. The van der Waals surface area contributed by atoms with Crippen LogP contribution in [0, 0.1) is 19.7 Å². The Morgan fingerprint density at radius 1 is 1.07 bits per heavy atom. The standard InChI is InChI=1S/C19H24FN3O3S/c1-4-23-14(2)13-18(15(23)3)19(24)21-9-11-22(12-10-21)27(25,26)17-7-5-16(20)6-8-17/h5-8,13H,4,9-12H2,1-3H3. The first-order valence-electron chi connectivity index (χ1n) is 8.97. The Balaban J connectivity index is 1.72. The number of benzene rings is 1. The van der Waals surface area contributed by atoms with Crippen LogP contribution in [0.4, 0.5) is 4.39 Å². The molecule has 6 nitrogen and oxygen atoms in total. The minimum Gasteiger partial charge on any atom is -0.349 e. The van der Waals surface area contributed by atoms with Crippen LogP contribution < -0.4 is 0 Å². The summed E-state index contributed by atoms with van der Waals surface area (Å²) in [7, 11) is -3.68. The number of piperazine rings is 1. The molecule has 1 aliphatic heterocycles. The Morgan fingerprint density at radius 3 is 2.19 bits per heavy atom. The van der Waals surface area contributed by atoms with Gasteiger partial charge in [0.25, 0.3) is 5.91 Å². The third kappa shape index (κ3) is 3.64. The minimum absolute atomic E-state index is 0.0650. The lowest BCUT2D eigenvalue weighted by Gasteiger charge is -2.34. The summed E-state index contributed by atoms with van der Waals surface area (Å²) >= 11 is 0. The van der Waals surface area contributed by atoms with E-state index in [1.165, 1.54) is 16.4 Å². The molecule has 0 unspecified atom stereocenters. The normalized spacial score (nSPS) is 15.9. The SMILES string of the molecule is CCn1c(C)cc(C(=O)N2CCN(S(=O)(=O)c3ccc(F)cc3)CC2)c1C. The molecule has 0 atom stereocenters. The molecule has 0 saturated carbocycles. The number of rotatable bonds is 4. The van der Waals surface area contributed by atoms with Gasteiger partial charge in [0.05, 0.1) is 10.5 Å². The van der Waals surface area contributed by atoms with Crippen LogP contribution >= 0.6 is 0 Å². The van der Waals surface area contributed by atoms with Crippen LogP contribution in [0.3, 0.4) is 0 Å². The lowest BCUT2D eigenvalue weighted by atomic mass is 10.2. The van der Waals surface area contributed by atoms with Gasteiger partial charge in [-0.3, -0.25) is 4.79 Å². The fourth-order valence-electron chi connectivity index (χ4n) is 3.56. The third-order valence-corrected chi connectivity index (χ3v) is 7.01. The zero-order chi connectivity index (χ0) is 19.8. The fourth-order valence-corrected chi connectivity index (χ4v) is 4.98. The number of amides is 1. The van der Waals surface area contributed by atoms with E-state index in [1.54, 1.807) is 4.90 Å². The fraction of sp³-hybridized carbons (Fsp3) is 0.421. The zero-order valence-corrected chi connectivity index (χ0v) is 16.6. The number of nitrogens with zero attached hydrogens (tertiary/aromatic N) is 3. The van der Waals surface area contributed by atoms with Crippen molar-refractivity contribution in [1.82, 2.24) is 13.8 Å². The maximum Gasteiger partial charge on any atom is 0.255 e. The van der Waals surface area contributed by atoms with Gasteiger partial charge in [0.15, 0.2) is 0 Å². The Kier molecular flexibility index (Phi) is 5.39. The summed E-state index contributed by atoms with van der Waals surface area (Å²) < 4.78 is 41.9. The van der Waals surface area contributed by atoms with Crippen LogP contribution in [0.5, 0.6) is 0 Å². The maximum atomic E-state index is 13.1. The molecule has 1 saturated heterocycles. The number of hydrogen-bond donors (Lipinski definition) is 0. The largest absolute Gasteiger partial charge is 0.349 e. The van der Waals surface area contributed by atoms with E-state index in [0.717, 1.165) is 30.1 Å². The molecule has 1 aromatic carbocycles. The molecular weight excluding hydrogens is 369 g/mol. The summed E-state index contributed by atoms with van der Waals surface area (Å²) in [5, 5.41) is 0. The number of hydrogen-bond acceptors (Lipinski definition) is 3. The highest BCUT2D eigenvalue weighted by atomic mass is 32.2. The third-order valence-electron chi connectivity index (χ3n) is 5.10. The molecule has 1 aliphatic rings. The van der Waals surface area contributed by atoms with Crippen LogP contribution in [0.25, 0.3) is 0 Å². The number of aryl methyl sites for hydroxylation is 1. The molecule has 0 N–H and O–H groups in total. The van der Waals surface area contributed by atoms with Crippen molar-refractivity contribution in [2.75, 3.05) is 26.2 Å². The number of carbonyl (C=O) groups is 1. The Labute approximate surface area is 159 Å². The minimum atomic E-state index is -3.68. The predicted octanol–water partition coefficient (Wildman–Crippen LogP) is 2.41. The molecule has 1 fully saturated rings. The van der Waals surface area contributed by atoms with E-state index in [-0.39, 0.29) is 23.9 Å². The molecule has 2 aromatic rings. The van der Waals surface area contributed by atoms with Gasteiger partial charge in [-0.05, 0) is 51.1 Å². The van der Waals surface area contributed by atoms with Crippen LogP contribution in [0.2, 0.25) is 0 Å². The number of sulfonamides is 1. The highest BCUT2D eigenvalue weighted by Crippen LogP contribution is 2.21. The van der Waals surface area contributed by atoms with Crippen molar-refractivity contribution in [3.8, 4) is 0 Å². The molecule has 0 radical (unpaired) electrons. The van der Waals surface area contributed by atoms with Crippen LogP contribution in [0.15, 0.2) is 35.2 Å². The topological polar surface area (TPSA) is 62.6 Å². The summed E-state index contributed by atoms with van der Waals surface area (Å²) in [6, 6.07) is 6.69. The quantitative estimate of drug-likeness (QED) is 0.801. The van der Waals surface area contributed by atoms with E-state index in [0.29, 0.717) is 18.7 Å². The smallest absolute Gasteiger partial charge is 0.255 e. The first kappa shape index (κ1) is 19.6. The van der Waals surface area contributed by atoms with Crippen molar-refractivity contribution >= 4 is 15.9 Å². The Bertz CT molecular complexity index is 943. The molecule has 3 rings (SSSR count). The lowest BCUT2D eigenvalue weighted by Crippen LogP contribution is -2.50. The summed E-state index contributed by atoms with van der Waals surface area (Å²) in [5.41, 5.74) is 2.64. The van der Waals surface area contributed by atoms with Gasteiger partial charge in [-0.15, -0.1) is 0 Å². The van der Waals surface area contributed by atoms with Gasteiger partial charge in [-0.25, -0.2) is 12.8 Å². The first-order valence-corrected chi connectivity index (χ1v) is 10.4. The van der Waals surface area contributed by atoms with Crippen molar-refractivity contribution < 1.29 is 17.6 Å². The van der Waals surface area contributed by atoms with Crippen molar-refractivity contribution in [3.63, 3.8) is 0 Å². The second-order valence-electron chi connectivity index (χ2n) is 6.68. The van der Waals surface area contributed by atoms with E-state index in [4.69, 9.17) is 0 Å². The summed E-state index contributed by atoms with van der Waals surface area (Å²) in [6.07, 6.45) is 0. The van der Waals surface area contributed by atoms with E-state index < -0.39 is 15.8 Å². The molecule has 27 heavy (non-hydrogen) atoms. The van der Waals surface area contributed by atoms with Crippen molar-refractivity contribution in [2.45, 2.75) is 32.2 Å². The molecule has 8 heteroatoms. The molecule has 1 aromatic heterocycles. The first-order chi connectivity index (χ1) is 12.8. The molecule has 0 spiro atoms. The summed E-state index contributed by atoms with van der Waals surface area (Å²) in [6.45, 7) is 7.83. The molecular formula is C19H24FN3O3S. The van der Waals surface area contributed by atoms with Gasteiger partial charge in [-0.1, -0.05) is 0 Å². The van der Waals surface area contributed by atoms with Gasteiger partial charge in [0.1, 0.15) is 5.82 Å². The number of aromatic nitrogens is 1. The monoisotopic (exact) mass is 393 g/mol. The highest BCUT2D eigenvalue weighted by molar-refractivity contribution is 7.89. The van der Waals surface area contributed by atoms with Gasteiger partial charge < -0.3 is 9.47 Å². The highest BCUT2D eigenvalue weighted by Gasteiger charge is 2.31. The zero-order valence-electron chi connectivity index (χ0n) is 15.8. The second kappa shape index (κ2) is 7.44.